The van der Waals surface area contributed by atoms with E-state index in [-0.39, 0.29) is 0 Å². The van der Waals surface area contributed by atoms with Crippen molar-refractivity contribution in [3.8, 4) is 17.3 Å². The molecule has 0 saturated heterocycles. The minimum absolute atomic E-state index is 0.404. The number of amides is 2. The number of nitrogens with one attached hydrogen (secondary N) is 3. The van der Waals surface area contributed by atoms with Gasteiger partial charge in [0.05, 0.1) is 19.9 Å². The number of anilines is 4. The second-order valence-corrected chi connectivity index (χ2v) is 6.93. The number of carbonyl (C=O) groups is 1. The smallest absolute Gasteiger partial charge is 0.323 e. The highest BCUT2D eigenvalue weighted by atomic mass is 16.5. The number of rotatable bonds is 7. The van der Waals surface area contributed by atoms with E-state index in [1.165, 1.54) is 13.4 Å². The molecule has 0 spiro atoms. The Bertz CT molecular complexity index is 1260. The zero-order valence-corrected chi connectivity index (χ0v) is 18.4. The molecule has 0 unspecified atom stereocenters. The molecule has 2 aromatic heterocycles. The van der Waals surface area contributed by atoms with E-state index >= 15 is 0 Å². The van der Waals surface area contributed by atoms with Gasteiger partial charge >= 0.3 is 6.03 Å². The Morgan fingerprint density at radius 2 is 1.73 bits per heavy atom. The van der Waals surface area contributed by atoms with Gasteiger partial charge in [-0.15, -0.1) is 0 Å². The summed E-state index contributed by atoms with van der Waals surface area (Å²) < 4.78 is 12.5. The highest BCUT2D eigenvalue weighted by Gasteiger charge is 2.12. The van der Waals surface area contributed by atoms with Crippen molar-refractivity contribution in [3.63, 3.8) is 0 Å². The summed E-state index contributed by atoms with van der Waals surface area (Å²) in [6.45, 7) is 1.90. The molecule has 4 rings (SSSR count). The molecule has 33 heavy (non-hydrogen) atoms. The Morgan fingerprint density at radius 1 is 0.939 bits per heavy atom. The number of aryl methyl sites for hydroxylation is 1. The lowest BCUT2D eigenvalue weighted by Crippen LogP contribution is -2.19. The van der Waals surface area contributed by atoms with E-state index in [2.05, 4.69) is 30.9 Å². The highest BCUT2D eigenvalue weighted by Crippen LogP contribution is 2.34. The SMILES string of the molecule is COc1cccc(NC(=O)Nc2ccc(Nc3cc(-n4ccnc4C)ncn3)cc2)c1OC. The molecule has 0 aliphatic carbocycles. The third-order valence-electron chi connectivity index (χ3n) is 4.79. The molecule has 0 saturated carbocycles. The van der Waals surface area contributed by atoms with Crippen LogP contribution in [-0.4, -0.2) is 39.8 Å². The van der Waals surface area contributed by atoms with Gasteiger partial charge in [0.25, 0.3) is 0 Å². The number of carbonyl (C=O) groups excluding carboxylic acids is 1. The van der Waals surface area contributed by atoms with Gasteiger partial charge in [0.15, 0.2) is 11.5 Å². The van der Waals surface area contributed by atoms with Crippen LogP contribution in [0.1, 0.15) is 5.82 Å². The fourth-order valence-electron chi connectivity index (χ4n) is 3.22. The maximum absolute atomic E-state index is 12.4. The van der Waals surface area contributed by atoms with Gasteiger partial charge in [-0.3, -0.25) is 4.57 Å². The lowest BCUT2D eigenvalue weighted by Gasteiger charge is -2.14. The standard InChI is InChI=1S/C23H23N7O3/c1-15-24-11-12-30(15)21-13-20(25-14-26-21)27-16-7-9-17(10-8-16)28-23(31)29-18-5-4-6-19(32-2)22(18)33-3/h4-14H,1-3H3,(H,25,26,27)(H2,28,29,31). The molecule has 10 nitrogen and oxygen atoms in total. The minimum atomic E-state index is -0.404. The molecular formula is C23H23N7O3. The summed E-state index contributed by atoms with van der Waals surface area (Å²) >= 11 is 0. The van der Waals surface area contributed by atoms with Gasteiger partial charge in [0, 0.05) is 29.8 Å². The Morgan fingerprint density at radius 3 is 2.42 bits per heavy atom. The Hall–Kier alpha value is -4.60. The number of hydrogen-bond acceptors (Lipinski definition) is 7. The fourth-order valence-corrected chi connectivity index (χ4v) is 3.22. The van der Waals surface area contributed by atoms with Crippen LogP contribution in [0.4, 0.5) is 27.7 Å². The molecular weight excluding hydrogens is 422 g/mol. The van der Waals surface area contributed by atoms with Gasteiger partial charge < -0.3 is 25.4 Å². The second-order valence-electron chi connectivity index (χ2n) is 6.93. The monoisotopic (exact) mass is 445 g/mol. The first-order valence-electron chi connectivity index (χ1n) is 10.1. The van der Waals surface area contributed by atoms with Crippen LogP contribution in [0.5, 0.6) is 11.5 Å². The molecule has 3 N–H and O–H groups in total. The number of aromatic nitrogens is 4. The number of para-hydroxylation sites is 1. The molecule has 4 aromatic rings. The van der Waals surface area contributed by atoms with Crippen molar-refractivity contribution in [2.24, 2.45) is 0 Å². The van der Waals surface area contributed by atoms with Crippen molar-refractivity contribution < 1.29 is 14.3 Å². The predicted octanol–water partition coefficient (Wildman–Crippen LogP) is 4.38. The fraction of sp³-hybridized carbons (Fsp3) is 0.130. The van der Waals surface area contributed by atoms with Crippen LogP contribution in [0.15, 0.2) is 67.3 Å². The molecule has 0 bridgehead atoms. The number of imidazole rings is 1. The van der Waals surface area contributed by atoms with Crippen molar-refractivity contribution in [1.29, 1.82) is 0 Å². The minimum Gasteiger partial charge on any atom is -0.493 e. The molecule has 0 atom stereocenters. The van der Waals surface area contributed by atoms with Gasteiger partial charge in [-0.25, -0.2) is 19.7 Å². The number of urea groups is 1. The average molecular weight is 445 g/mol. The molecule has 168 valence electrons. The number of ether oxygens (including phenoxy) is 2. The maximum atomic E-state index is 12.4. The van der Waals surface area contributed by atoms with E-state index in [4.69, 9.17) is 9.47 Å². The van der Waals surface area contributed by atoms with E-state index in [0.29, 0.717) is 34.5 Å². The molecule has 0 aliphatic heterocycles. The van der Waals surface area contributed by atoms with Gasteiger partial charge in [-0.05, 0) is 43.3 Å². The van der Waals surface area contributed by atoms with Crippen LogP contribution in [0, 0.1) is 6.92 Å². The summed E-state index contributed by atoms with van der Waals surface area (Å²) in [5, 5.41) is 8.79. The third-order valence-corrected chi connectivity index (χ3v) is 4.79. The van der Waals surface area contributed by atoms with Crippen LogP contribution < -0.4 is 25.4 Å². The summed E-state index contributed by atoms with van der Waals surface area (Å²) in [7, 11) is 3.06. The first kappa shape index (κ1) is 21.6. The zero-order chi connectivity index (χ0) is 23.2. The number of benzene rings is 2. The van der Waals surface area contributed by atoms with Crippen molar-refractivity contribution in [2.75, 3.05) is 30.2 Å². The lowest BCUT2D eigenvalue weighted by molar-refractivity contribution is 0.262. The first-order chi connectivity index (χ1) is 16.1. The predicted molar refractivity (Wildman–Crippen MR) is 126 cm³/mol. The zero-order valence-electron chi connectivity index (χ0n) is 18.4. The van der Waals surface area contributed by atoms with Gasteiger partial charge in [-0.2, -0.15) is 0 Å². The third kappa shape index (κ3) is 5.01. The van der Waals surface area contributed by atoms with Gasteiger partial charge in [0.2, 0.25) is 0 Å². The summed E-state index contributed by atoms with van der Waals surface area (Å²) in [5.74, 6) is 3.16. The van der Waals surface area contributed by atoms with Crippen LogP contribution in [0.2, 0.25) is 0 Å². The summed E-state index contributed by atoms with van der Waals surface area (Å²) in [4.78, 5) is 25.2. The quantitative estimate of drug-likeness (QED) is 0.387. The number of nitrogens with zero attached hydrogens (tertiary/aromatic N) is 4. The summed E-state index contributed by atoms with van der Waals surface area (Å²) in [5.41, 5.74) is 1.93. The molecule has 2 heterocycles. The molecule has 2 aromatic carbocycles. The van der Waals surface area contributed by atoms with Crippen LogP contribution in [0.25, 0.3) is 5.82 Å². The topological polar surface area (TPSA) is 115 Å². The van der Waals surface area contributed by atoms with E-state index in [9.17, 15) is 4.79 Å². The lowest BCUT2D eigenvalue weighted by atomic mass is 10.2. The van der Waals surface area contributed by atoms with E-state index < -0.39 is 6.03 Å². The molecule has 10 heteroatoms. The molecule has 0 radical (unpaired) electrons. The normalized spacial score (nSPS) is 10.4. The van der Waals surface area contributed by atoms with Crippen molar-refractivity contribution in [2.45, 2.75) is 6.92 Å². The highest BCUT2D eigenvalue weighted by molar-refractivity contribution is 6.01. The van der Waals surface area contributed by atoms with Crippen molar-refractivity contribution in [3.05, 3.63) is 73.1 Å². The Balaban J connectivity index is 1.40. The Kier molecular flexibility index (Phi) is 6.35. The van der Waals surface area contributed by atoms with Crippen molar-refractivity contribution in [1.82, 2.24) is 19.5 Å². The summed E-state index contributed by atoms with van der Waals surface area (Å²) in [6, 6.07) is 13.9. The van der Waals surface area contributed by atoms with E-state index in [0.717, 1.165) is 11.5 Å². The number of methoxy groups -OCH3 is 2. The second kappa shape index (κ2) is 9.69. The van der Waals surface area contributed by atoms with Crippen LogP contribution in [-0.2, 0) is 0 Å². The number of hydrogen-bond donors (Lipinski definition) is 3. The maximum Gasteiger partial charge on any atom is 0.323 e. The Labute approximate surface area is 190 Å². The van der Waals surface area contributed by atoms with E-state index in [1.54, 1.807) is 43.6 Å². The largest absolute Gasteiger partial charge is 0.493 e. The molecule has 0 fully saturated rings. The van der Waals surface area contributed by atoms with Crippen LogP contribution >= 0.6 is 0 Å². The summed E-state index contributed by atoms with van der Waals surface area (Å²) in [6.07, 6.45) is 5.05. The van der Waals surface area contributed by atoms with Crippen molar-refractivity contribution >= 4 is 28.9 Å². The van der Waals surface area contributed by atoms with Crippen LogP contribution in [0.3, 0.4) is 0 Å². The molecule has 0 aliphatic rings. The van der Waals surface area contributed by atoms with Gasteiger partial charge in [-0.1, -0.05) is 6.07 Å². The molecule has 2 amide bonds. The first-order valence-corrected chi connectivity index (χ1v) is 10.1. The van der Waals surface area contributed by atoms with Gasteiger partial charge in [0.1, 0.15) is 23.8 Å². The van der Waals surface area contributed by atoms with E-state index in [1.807, 2.05) is 35.9 Å². The average Bonchev–Trinajstić information content (AvgIpc) is 3.26.